The summed E-state index contributed by atoms with van der Waals surface area (Å²) in [4.78, 5) is 8.47. The van der Waals surface area contributed by atoms with Gasteiger partial charge in [-0.25, -0.2) is 18.7 Å². The Morgan fingerprint density at radius 1 is 0.875 bits per heavy atom. The molecule has 0 unspecified atom stereocenters. The van der Waals surface area contributed by atoms with E-state index in [2.05, 4.69) is 9.97 Å². The minimum atomic E-state index is -0.557. The first-order valence-corrected chi connectivity index (χ1v) is 7.65. The van der Waals surface area contributed by atoms with Gasteiger partial charge >= 0.3 is 6.01 Å². The molecule has 2 aromatic carbocycles. The summed E-state index contributed by atoms with van der Waals surface area (Å²) < 4.78 is 32.4. The average Bonchev–Trinajstić information content (AvgIpc) is 2.62. The third kappa shape index (κ3) is 3.74. The van der Waals surface area contributed by atoms with Crippen molar-refractivity contribution in [3.63, 3.8) is 0 Å². The number of aryl methyl sites for hydroxylation is 1. The van der Waals surface area contributed by atoms with Crippen molar-refractivity contribution >= 4 is 0 Å². The molecule has 0 saturated heterocycles. The highest BCUT2D eigenvalue weighted by molar-refractivity contribution is 5.31. The summed E-state index contributed by atoms with van der Waals surface area (Å²) in [6.07, 6.45) is 1.84. The second kappa shape index (κ2) is 7.17. The van der Waals surface area contributed by atoms with E-state index < -0.39 is 6.10 Å². The normalized spacial score (nSPS) is 10.8. The largest absolute Gasteiger partial charge is 0.450 e. The molecule has 0 N–H and O–H groups in total. The van der Waals surface area contributed by atoms with Crippen molar-refractivity contribution in [2.75, 3.05) is 0 Å². The van der Waals surface area contributed by atoms with Crippen LogP contribution in [0.2, 0.25) is 0 Å². The van der Waals surface area contributed by atoms with Gasteiger partial charge in [-0.1, -0.05) is 31.2 Å². The van der Waals surface area contributed by atoms with Gasteiger partial charge in [0.25, 0.3) is 0 Å². The lowest BCUT2D eigenvalue weighted by Gasteiger charge is -2.19. The van der Waals surface area contributed by atoms with Crippen LogP contribution in [0.15, 0.2) is 60.8 Å². The van der Waals surface area contributed by atoms with E-state index >= 15 is 0 Å². The van der Waals surface area contributed by atoms with Crippen LogP contribution in [-0.2, 0) is 6.42 Å². The summed E-state index contributed by atoms with van der Waals surface area (Å²) in [5.74, 6) is -0.665. The zero-order valence-corrected chi connectivity index (χ0v) is 13.1. The maximum Gasteiger partial charge on any atom is 0.317 e. The lowest BCUT2D eigenvalue weighted by Crippen LogP contribution is -2.12. The Balaban J connectivity index is 1.97. The molecule has 24 heavy (non-hydrogen) atoms. The van der Waals surface area contributed by atoms with Crippen LogP contribution in [0, 0.1) is 11.6 Å². The van der Waals surface area contributed by atoms with Gasteiger partial charge in [-0.2, -0.15) is 0 Å². The van der Waals surface area contributed by atoms with Gasteiger partial charge in [-0.15, -0.1) is 0 Å². The van der Waals surface area contributed by atoms with E-state index in [0.717, 1.165) is 23.2 Å². The van der Waals surface area contributed by atoms with Crippen LogP contribution < -0.4 is 4.74 Å². The van der Waals surface area contributed by atoms with E-state index in [0.29, 0.717) is 0 Å². The van der Waals surface area contributed by atoms with Gasteiger partial charge in [0, 0.05) is 11.9 Å². The van der Waals surface area contributed by atoms with Gasteiger partial charge in [0.05, 0.1) is 0 Å². The molecule has 0 saturated carbocycles. The maximum atomic E-state index is 13.2. The Kier molecular flexibility index (Phi) is 4.79. The summed E-state index contributed by atoms with van der Waals surface area (Å²) in [6.45, 7) is 1.99. The average molecular weight is 326 g/mol. The topological polar surface area (TPSA) is 35.0 Å². The molecule has 0 spiro atoms. The van der Waals surface area contributed by atoms with Gasteiger partial charge in [0.1, 0.15) is 11.6 Å². The van der Waals surface area contributed by atoms with E-state index in [4.69, 9.17) is 4.74 Å². The molecule has 3 rings (SSSR count). The predicted octanol–water partition coefficient (Wildman–Crippen LogP) is 4.49. The van der Waals surface area contributed by atoms with Crippen molar-refractivity contribution in [2.45, 2.75) is 19.4 Å². The van der Waals surface area contributed by atoms with E-state index in [1.807, 2.05) is 13.0 Å². The van der Waals surface area contributed by atoms with Crippen molar-refractivity contribution in [1.29, 1.82) is 0 Å². The summed E-state index contributed by atoms with van der Waals surface area (Å²) >= 11 is 0. The zero-order valence-electron chi connectivity index (χ0n) is 13.1. The van der Waals surface area contributed by atoms with Crippen molar-refractivity contribution in [3.05, 3.63) is 89.2 Å². The summed E-state index contributed by atoms with van der Waals surface area (Å²) in [5.41, 5.74) is 2.32. The monoisotopic (exact) mass is 326 g/mol. The highest BCUT2D eigenvalue weighted by Gasteiger charge is 2.18. The number of aromatic nitrogens is 2. The van der Waals surface area contributed by atoms with Crippen molar-refractivity contribution in [1.82, 2.24) is 9.97 Å². The van der Waals surface area contributed by atoms with Crippen LogP contribution in [0.1, 0.15) is 29.8 Å². The van der Waals surface area contributed by atoms with Gasteiger partial charge < -0.3 is 4.74 Å². The fraction of sp³-hybridized carbons (Fsp3) is 0.158. The van der Waals surface area contributed by atoms with Crippen LogP contribution >= 0.6 is 0 Å². The van der Waals surface area contributed by atoms with Crippen molar-refractivity contribution in [3.8, 4) is 6.01 Å². The minimum Gasteiger partial charge on any atom is -0.450 e. The molecule has 0 aliphatic heterocycles. The van der Waals surface area contributed by atoms with Crippen LogP contribution in [0.4, 0.5) is 8.78 Å². The number of nitrogens with zero attached hydrogens (tertiary/aromatic N) is 2. The molecular formula is C19H16F2N2O. The van der Waals surface area contributed by atoms with Crippen molar-refractivity contribution in [2.24, 2.45) is 0 Å². The van der Waals surface area contributed by atoms with E-state index in [9.17, 15) is 8.78 Å². The third-order valence-corrected chi connectivity index (χ3v) is 3.62. The van der Waals surface area contributed by atoms with Gasteiger partial charge in [-0.05, 0) is 47.9 Å². The number of benzene rings is 2. The molecule has 1 heterocycles. The predicted molar refractivity (Wildman–Crippen MR) is 86.7 cm³/mol. The molecule has 0 bridgehead atoms. The number of hydrogen-bond acceptors (Lipinski definition) is 3. The van der Waals surface area contributed by atoms with E-state index in [1.165, 1.54) is 24.3 Å². The molecule has 3 nitrogen and oxygen atoms in total. The van der Waals surface area contributed by atoms with Gasteiger partial charge in [0.2, 0.25) is 0 Å². The SMILES string of the molecule is CCc1ccnc(OC(c2ccc(F)cc2)c2ccc(F)cc2)n1. The Morgan fingerprint density at radius 3 is 1.92 bits per heavy atom. The van der Waals surface area contributed by atoms with Crippen molar-refractivity contribution < 1.29 is 13.5 Å². The molecule has 3 aromatic rings. The van der Waals surface area contributed by atoms with Crippen LogP contribution in [0.25, 0.3) is 0 Å². The van der Waals surface area contributed by atoms with Gasteiger partial charge in [0.15, 0.2) is 6.10 Å². The Labute approximate surface area is 139 Å². The number of ether oxygens (including phenoxy) is 1. The van der Waals surface area contributed by atoms with Gasteiger partial charge in [-0.3, -0.25) is 0 Å². The smallest absolute Gasteiger partial charge is 0.317 e. The van der Waals surface area contributed by atoms with Crippen LogP contribution in [0.3, 0.4) is 0 Å². The quantitative estimate of drug-likeness (QED) is 0.693. The number of rotatable bonds is 5. The highest BCUT2D eigenvalue weighted by Crippen LogP contribution is 2.27. The zero-order chi connectivity index (χ0) is 16.9. The van der Waals surface area contributed by atoms with Crippen LogP contribution in [0.5, 0.6) is 6.01 Å². The molecule has 0 aliphatic rings. The number of hydrogen-bond donors (Lipinski definition) is 0. The molecule has 0 fully saturated rings. The number of halogens is 2. The highest BCUT2D eigenvalue weighted by atomic mass is 19.1. The first-order chi connectivity index (χ1) is 11.7. The molecule has 1 aromatic heterocycles. The molecule has 0 radical (unpaired) electrons. The molecule has 122 valence electrons. The fourth-order valence-corrected chi connectivity index (χ4v) is 2.34. The summed E-state index contributed by atoms with van der Waals surface area (Å²) in [7, 11) is 0. The molecular weight excluding hydrogens is 310 g/mol. The standard InChI is InChI=1S/C19H16F2N2O/c1-2-17-11-12-22-19(23-17)24-18(13-3-7-15(20)8-4-13)14-5-9-16(21)10-6-14/h3-12,18H,2H2,1H3. The second-order valence-corrected chi connectivity index (χ2v) is 5.29. The Hall–Kier alpha value is -2.82. The molecule has 0 amide bonds. The second-order valence-electron chi connectivity index (χ2n) is 5.29. The molecule has 0 atom stereocenters. The maximum absolute atomic E-state index is 13.2. The Morgan fingerprint density at radius 2 is 1.42 bits per heavy atom. The first-order valence-electron chi connectivity index (χ1n) is 7.65. The lowest BCUT2D eigenvalue weighted by atomic mass is 10.0. The lowest BCUT2D eigenvalue weighted by molar-refractivity contribution is 0.225. The third-order valence-electron chi connectivity index (χ3n) is 3.62. The van der Waals surface area contributed by atoms with E-state index in [-0.39, 0.29) is 17.6 Å². The fourth-order valence-electron chi connectivity index (χ4n) is 2.34. The molecule has 5 heteroatoms. The summed E-state index contributed by atoms with van der Waals surface area (Å²) in [6, 6.07) is 14.0. The summed E-state index contributed by atoms with van der Waals surface area (Å²) in [5, 5.41) is 0. The van der Waals surface area contributed by atoms with E-state index in [1.54, 1.807) is 30.5 Å². The first kappa shape index (κ1) is 16.1. The Bertz CT molecular complexity index is 759. The minimum absolute atomic E-state index is 0.230. The molecule has 0 aliphatic carbocycles. The van der Waals surface area contributed by atoms with Crippen LogP contribution in [-0.4, -0.2) is 9.97 Å².